The summed E-state index contributed by atoms with van der Waals surface area (Å²) in [5.41, 5.74) is -0.283. The third kappa shape index (κ3) is 4.81. The van der Waals surface area contributed by atoms with E-state index in [1.165, 1.54) is 61.8 Å². The molecule has 0 atom stereocenters. The number of nitrogens with zero attached hydrogens (tertiary/aromatic N) is 3. The molecule has 0 saturated carbocycles. The van der Waals surface area contributed by atoms with Crippen molar-refractivity contribution in [1.29, 1.82) is 0 Å². The average Bonchev–Trinajstić information content (AvgIpc) is 2.73. The SMILES string of the molecule is CN(CCOc1ccc(F)cc1)S(=O)(=O)c1ccc(-n2ncc(Cl)c(Cl)c2=O)cc1. The van der Waals surface area contributed by atoms with Gasteiger partial charge in [0.05, 0.1) is 21.8 Å². The first-order valence-electron chi connectivity index (χ1n) is 8.58. The second kappa shape index (κ2) is 9.13. The number of hydrogen-bond acceptors (Lipinski definition) is 5. The molecule has 0 bridgehead atoms. The van der Waals surface area contributed by atoms with Crippen molar-refractivity contribution in [3.8, 4) is 11.4 Å². The Hall–Kier alpha value is -2.46. The Morgan fingerprint density at radius 1 is 1.10 bits per heavy atom. The normalized spacial score (nSPS) is 11.6. The standard InChI is InChI=1S/C19H16Cl2FN3O4S/c1-24(10-11-29-15-6-2-13(22)3-7-15)30(27,28)16-8-4-14(5-9-16)25-19(26)18(21)17(20)12-23-25/h2-9,12H,10-11H2,1H3. The molecule has 0 aliphatic rings. The van der Waals surface area contributed by atoms with Gasteiger partial charge in [0.2, 0.25) is 10.0 Å². The quantitative estimate of drug-likeness (QED) is 0.527. The van der Waals surface area contributed by atoms with Crippen LogP contribution < -0.4 is 10.3 Å². The summed E-state index contributed by atoms with van der Waals surface area (Å²) in [7, 11) is -2.37. The van der Waals surface area contributed by atoms with E-state index in [0.717, 1.165) is 8.99 Å². The van der Waals surface area contributed by atoms with Crippen LogP contribution in [0.15, 0.2) is 64.4 Å². The number of ether oxygens (including phenoxy) is 1. The molecule has 7 nitrogen and oxygen atoms in total. The van der Waals surface area contributed by atoms with Crippen molar-refractivity contribution >= 4 is 33.2 Å². The van der Waals surface area contributed by atoms with Gasteiger partial charge in [-0.05, 0) is 48.5 Å². The maximum absolute atomic E-state index is 12.9. The zero-order valence-electron chi connectivity index (χ0n) is 15.6. The van der Waals surface area contributed by atoms with Crippen LogP contribution >= 0.6 is 23.2 Å². The van der Waals surface area contributed by atoms with E-state index in [2.05, 4.69) is 5.10 Å². The summed E-state index contributed by atoms with van der Waals surface area (Å²) in [6.07, 6.45) is 1.23. The molecule has 3 aromatic rings. The van der Waals surface area contributed by atoms with E-state index in [1.807, 2.05) is 0 Å². The van der Waals surface area contributed by atoms with Gasteiger partial charge in [-0.15, -0.1) is 0 Å². The summed E-state index contributed by atoms with van der Waals surface area (Å²) in [6.45, 7) is 0.164. The van der Waals surface area contributed by atoms with Crippen LogP contribution in [0.25, 0.3) is 5.69 Å². The Labute approximate surface area is 182 Å². The highest BCUT2D eigenvalue weighted by Crippen LogP contribution is 2.19. The Morgan fingerprint density at radius 2 is 1.73 bits per heavy atom. The van der Waals surface area contributed by atoms with Gasteiger partial charge in [0.1, 0.15) is 23.2 Å². The first kappa shape index (κ1) is 22.2. The number of benzene rings is 2. The van der Waals surface area contributed by atoms with Crippen molar-refractivity contribution in [3.63, 3.8) is 0 Å². The van der Waals surface area contributed by atoms with Crippen molar-refractivity contribution in [3.05, 3.63) is 80.9 Å². The molecule has 3 rings (SSSR count). The van der Waals surface area contributed by atoms with Crippen LogP contribution in [0.1, 0.15) is 0 Å². The lowest BCUT2D eigenvalue weighted by Gasteiger charge is -2.18. The molecule has 2 aromatic carbocycles. The minimum atomic E-state index is -3.79. The lowest BCUT2D eigenvalue weighted by molar-refractivity contribution is 0.286. The first-order valence-corrected chi connectivity index (χ1v) is 10.8. The molecule has 0 radical (unpaired) electrons. The number of likely N-dealkylation sites (N-methyl/N-ethyl adjacent to an activating group) is 1. The van der Waals surface area contributed by atoms with E-state index in [4.69, 9.17) is 27.9 Å². The van der Waals surface area contributed by atoms with Crippen LogP contribution in [-0.2, 0) is 10.0 Å². The minimum Gasteiger partial charge on any atom is -0.492 e. The highest BCUT2D eigenvalue weighted by Gasteiger charge is 2.21. The van der Waals surface area contributed by atoms with Gasteiger partial charge in [-0.3, -0.25) is 4.79 Å². The molecule has 0 amide bonds. The van der Waals surface area contributed by atoms with Crippen molar-refractivity contribution in [2.24, 2.45) is 0 Å². The fraction of sp³-hybridized carbons (Fsp3) is 0.158. The Balaban J connectivity index is 1.70. The summed E-state index contributed by atoms with van der Waals surface area (Å²) in [5.74, 6) is 0.0509. The smallest absolute Gasteiger partial charge is 0.291 e. The van der Waals surface area contributed by atoms with Crippen LogP contribution in [-0.4, -0.2) is 42.7 Å². The summed E-state index contributed by atoms with van der Waals surface area (Å²) in [4.78, 5) is 12.2. The molecule has 30 heavy (non-hydrogen) atoms. The van der Waals surface area contributed by atoms with E-state index in [-0.39, 0.29) is 33.9 Å². The molecule has 0 unspecified atom stereocenters. The molecule has 0 spiro atoms. The van der Waals surface area contributed by atoms with E-state index >= 15 is 0 Å². The Kier molecular flexibility index (Phi) is 6.77. The molecule has 1 heterocycles. The Bertz CT molecular complexity index is 1200. The zero-order valence-corrected chi connectivity index (χ0v) is 18.0. The second-order valence-corrected chi connectivity index (χ2v) is 8.98. The molecule has 0 saturated heterocycles. The van der Waals surface area contributed by atoms with Gasteiger partial charge in [0.25, 0.3) is 5.56 Å². The predicted octanol–water partition coefficient (Wildman–Crippen LogP) is 3.38. The zero-order chi connectivity index (χ0) is 21.9. The van der Waals surface area contributed by atoms with E-state index in [1.54, 1.807) is 0 Å². The van der Waals surface area contributed by atoms with Crippen molar-refractivity contribution < 1.29 is 17.5 Å². The molecule has 0 fully saturated rings. The third-order valence-electron chi connectivity index (χ3n) is 4.15. The molecule has 0 aliphatic heterocycles. The molecule has 158 valence electrons. The Morgan fingerprint density at radius 3 is 2.37 bits per heavy atom. The van der Waals surface area contributed by atoms with Crippen molar-refractivity contribution in [1.82, 2.24) is 14.1 Å². The minimum absolute atomic E-state index is 0.0293. The monoisotopic (exact) mass is 471 g/mol. The molecular formula is C19H16Cl2FN3O4S. The molecule has 0 N–H and O–H groups in total. The van der Waals surface area contributed by atoms with Gasteiger partial charge in [0, 0.05) is 13.6 Å². The van der Waals surface area contributed by atoms with Crippen LogP contribution in [0.3, 0.4) is 0 Å². The summed E-state index contributed by atoms with van der Waals surface area (Å²) < 4.78 is 45.9. The van der Waals surface area contributed by atoms with E-state index in [9.17, 15) is 17.6 Å². The van der Waals surface area contributed by atoms with Gasteiger partial charge < -0.3 is 4.74 Å². The second-order valence-electron chi connectivity index (χ2n) is 6.15. The molecular weight excluding hydrogens is 456 g/mol. The maximum Gasteiger partial charge on any atom is 0.291 e. The highest BCUT2D eigenvalue weighted by atomic mass is 35.5. The number of aromatic nitrogens is 2. The van der Waals surface area contributed by atoms with Crippen molar-refractivity contribution in [2.45, 2.75) is 4.90 Å². The summed E-state index contributed by atoms with van der Waals surface area (Å²) >= 11 is 11.6. The molecule has 0 aliphatic carbocycles. The lowest BCUT2D eigenvalue weighted by Crippen LogP contribution is -2.31. The van der Waals surface area contributed by atoms with Crippen LogP contribution in [0, 0.1) is 5.82 Å². The van der Waals surface area contributed by atoms with Gasteiger partial charge in [-0.25, -0.2) is 12.8 Å². The summed E-state index contributed by atoms with van der Waals surface area (Å²) in [6, 6.07) is 11.0. The van der Waals surface area contributed by atoms with Gasteiger partial charge in [-0.2, -0.15) is 14.1 Å². The van der Waals surface area contributed by atoms with E-state index in [0.29, 0.717) is 11.4 Å². The van der Waals surface area contributed by atoms with Crippen LogP contribution in [0.4, 0.5) is 4.39 Å². The topological polar surface area (TPSA) is 81.5 Å². The first-order chi connectivity index (χ1) is 14.2. The molecule has 1 aromatic heterocycles. The number of rotatable bonds is 7. The third-order valence-corrected chi connectivity index (χ3v) is 6.77. The van der Waals surface area contributed by atoms with Crippen LogP contribution in [0.2, 0.25) is 10.0 Å². The number of halogens is 3. The lowest BCUT2D eigenvalue weighted by atomic mass is 10.3. The molecule has 11 heteroatoms. The predicted molar refractivity (Wildman–Crippen MR) is 112 cm³/mol. The fourth-order valence-electron chi connectivity index (χ4n) is 2.48. The summed E-state index contributed by atoms with van der Waals surface area (Å²) in [5, 5.41) is 3.75. The van der Waals surface area contributed by atoms with Crippen LogP contribution in [0.5, 0.6) is 5.75 Å². The van der Waals surface area contributed by atoms with Crippen molar-refractivity contribution in [2.75, 3.05) is 20.2 Å². The largest absolute Gasteiger partial charge is 0.492 e. The van der Waals surface area contributed by atoms with Gasteiger partial charge >= 0.3 is 0 Å². The average molecular weight is 472 g/mol. The maximum atomic E-state index is 12.9. The number of hydrogen-bond donors (Lipinski definition) is 0. The van der Waals surface area contributed by atoms with E-state index < -0.39 is 15.6 Å². The number of sulfonamides is 1. The van der Waals surface area contributed by atoms with Gasteiger partial charge in [0.15, 0.2) is 0 Å². The van der Waals surface area contributed by atoms with Gasteiger partial charge in [-0.1, -0.05) is 23.2 Å². The highest BCUT2D eigenvalue weighted by molar-refractivity contribution is 7.89. The fourth-order valence-corrected chi connectivity index (χ4v) is 3.89.